The molecule has 1 unspecified atom stereocenters. The molecule has 33 heavy (non-hydrogen) atoms. The Hall–Kier alpha value is -3.65. The number of carbonyl (C=O) groups excluding carboxylic acids is 1. The highest BCUT2D eigenvalue weighted by Crippen LogP contribution is 2.31. The first-order chi connectivity index (χ1) is 15.9. The van der Waals surface area contributed by atoms with E-state index in [4.69, 9.17) is 9.47 Å². The number of alkyl halides is 2. The number of hydrogen-bond donors (Lipinski definition) is 1. The third-order valence-corrected chi connectivity index (χ3v) is 5.04. The maximum absolute atomic E-state index is 13.3. The van der Waals surface area contributed by atoms with Crippen LogP contribution in [0.3, 0.4) is 0 Å². The van der Waals surface area contributed by atoms with Crippen molar-refractivity contribution in [3.05, 3.63) is 83.9 Å². The number of nitrogens with one attached hydrogen (secondary N) is 1. The van der Waals surface area contributed by atoms with Crippen LogP contribution in [0, 0.1) is 0 Å². The van der Waals surface area contributed by atoms with Crippen LogP contribution in [-0.4, -0.2) is 38.7 Å². The molecule has 174 valence electrons. The first-order valence-corrected chi connectivity index (χ1v) is 10.2. The molecule has 0 spiro atoms. The normalized spacial score (nSPS) is 11.8. The van der Waals surface area contributed by atoms with Gasteiger partial charge in [0.25, 0.3) is 0 Å². The van der Waals surface area contributed by atoms with Gasteiger partial charge >= 0.3 is 6.61 Å². The van der Waals surface area contributed by atoms with Crippen LogP contribution < -0.4 is 19.5 Å². The Morgan fingerprint density at radius 2 is 1.64 bits per heavy atom. The monoisotopic (exact) mass is 456 g/mol. The van der Waals surface area contributed by atoms with Crippen LogP contribution in [0.25, 0.3) is 0 Å². The molecule has 3 aromatic carbocycles. The highest BCUT2D eigenvalue weighted by atomic mass is 19.3. The van der Waals surface area contributed by atoms with Gasteiger partial charge in [0.2, 0.25) is 5.91 Å². The molecule has 0 aliphatic carbocycles. The maximum atomic E-state index is 13.3. The van der Waals surface area contributed by atoms with Crippen LogP contribution in [0.4, 0.5) is 14.5 Å². The van der Waals surface area contributed by atoms with Crippen LogP contribution in [-0.2, 0) is 11.3 Å². The lowest BCUT2D eigenvalue weighted by Gasteiger charge is -2.28. The molecule has 3 aromatic rings. The number of methoxy groups -OCH3 is 2. The SMILES string of the molecule is COc1ccc(NC(=O)C(c2ccccc2)N(C)Cc2ccc(OC(F)F)c(OC)c2)cc1. The van der Waals surface area contributed by atoms with E-state index in [1.807, 2.05) is 42.3 Å². The first kappa shape index (κ1) is 24.0. The van der Waals surface area contributed by atoms with E-state index in [1.165, 1.54) is 13.2 Å². The molecule has 0 aliphatic rings. The van der Waals surface area contributed by atoms with Gasteiger partial charge in [0.05, 0.1) is 14.2 Å². The minimum atomic E-state index is -2.95. The van der Waals surface area contributed by atoms with Gasteiger partial charge in [-0.25, -0.2) is 0 Å². The molecule has 0 heterocycles. The van der Waals surface area contributed by atoms with Crippen LogP contribution in [0.2, 0.25) is 0 Å². The van der Waals surface area contributed by atoms with Gasteiger partial charge in [-0.15, -0.1) is 0 Å². The summed E-state index contributed by atoms with van der Waals surface area (Å²) in [7, 11) is 4.78. The standard InChI is InChI=1S/C25H26F2N2O4/c1-29(16-17-9-14-21(33-25(26)27)22(15-17)32-3)23(18-7-5-4-6-8-18)24(30)28-19-10-12-20(31-2)13-11-19/h4-15,23,25H,16H2,1-3H3,(H,28,30). The third kappa shape index (κ3) is 6.43. The molecule has 0 aliphatic heterocycles. The molecular formula is C25H26F2N2O4. The number of hydrogen-bond acceptors (Lipinski definition) is 5. The van der Waals surface area contributed by atoms with Crippen molar-refractivity contribution in [2.75, 3.05) is 26.6 Å². The molecule has 1 atom stereocenters. The van der Waals surface area contributed by atoms with E-state index in [0.29, 0.717) is 18.0 Å². The van der Waals surface area contributed by atoms with Gasteiger partial charge in [-0.05, 0) is 54.6 Å². The largest absolute Gasteiger partial charge is 0.497 e. The summed E-state index contributed by atoms with van der Waals surface area (Å²) >= 11 is 0. The van der Waals surface area contributed by atoms with Crippen molar-refractivity contribution in [2.24, 2.45) is 0 Å². The summed E-state index contributed by atoms with van der Waals surface area (Å²) in [5, 5.41) is 2.95. The fourth-order valence-electron chi connectivity index (χ4n) is 3.51. The van der Waals surface area contributed by atoms with E-state index in [1.54, 1.807) is 43.5 Å². The van der Waals surface area contributed by atoms with Crippen molar-refractivity contribution < 1.29 is 27.8 Å². The predicted molar refractivity (Wildman–Crippen MR) is 122 cm³/mol. The zero-order valence-electron chi connectivity index (χ0n) is 18.6. The molecule has 0 saturated carbocycles. The van der Waals surface area contributed by atoms with E-state index >= 15 is 0 Å². The summed E-state index contributed by atoms with van der Waals surface area (Å²) in [5.74, 6) is 0.632. The molecule has 6 nitrogen and oxygen atoms in total. The Morgan fingerprint density at radius 3 is 2.24 bits per heavy atom. The van der Waals surface area contributed by atoms with E-state index in [-0.39, 0.29) is 17.4 Å². The van der Waals surface area contributed by atoms with E-state index in [9.17, 15) is 13.6 Å². The summed E-state index contributed by atoms with van der Waals surface area (Å²) in [5.41, 5.74) is 2.23. The lowest BCUT2D eigenvalue weighted by Crippen LogP contribution is -2.34. The molecule has 1 amide bonds. The summed E-state index contributed by atoms with van der Waals surface area (Å²) in [6, 6.07) is 20.6. The van der Waals surface area contributed by atoms with Gasteiger partial charge in [-0.1, -0.05) is 36.4 Å². The van der Waals surface area contributed by atoms with Crippen molar-refractivity contribution in [1.29, 1.82) is 0 Å². The van der Waals surface area contributed by atoms with Crippen molar-refractivity contribution in [2.45, 2.75) is 19.2 Å². The van der Waals surface area contributed by atoms with E-state index in [2.05, 4.69) is 10.1 Å². The molecule has 3 rings (SSSR count). The van der Waals surface area contributed by atoms with Gasteiger partial charge < -0.3 is 19.5 Å². The second-order valence-electron chi connectivity index (χ2n) is 7.31. The second kappa shape index (κ2) is 11.3. The van der Waals surface area contributed by atoms with E-state index < -0.39 is 12.7 Å². The number of ether oxygens (including phenoxy) is 3. The van der Waals surface area contributed by atoms with Crippen LogP contribution >= 0.6 is 0 Å². The first-order valence-electron chi connectivity index (χ1n) is 10.2. The number of nitrogens with zero attached hydrogens (tertiary/aromatic N) is 1. The highest BCUT2D eigenvalue weighted by Gasteiger charge is 2.26. The fraction of sp³-hybridized carbons (Fsp3) is 0.240. The average molecular weight is 456 g/mol. The molecule has 0 saturated heterocycles. The van der Waals surface area contributed by atoms with Gasteiger partial charge in [0.1, 0.15) is 11.8 Å². The predicted octanol–water partition coefficient (Wildman–Crippen LogP) is 5.12. The quantitative estimate of drug-likeness (QED) is 0.459. The number of amides is 1. The molecule has 8 heteroatoms. The lowest BCUT2D eigenvalue weighted by atomic mass is 10.0. The summed E-state index contributed by atoms with van der Waals surface area (Å²) in [4.78, 5) is 15.2. The molecule has 0 bridgehead atoms. The van der Waals surface area contributed by atoms with Gasteiger partial charge in [0, 0.05) is 12.2 Å². The van der Waals surface area contributed by atoms with Crippen molar-refractivity contribution >= 4 is 11.6 Å². The smallest absolute Gasteiger partial charge is 0.387 e. The molecule has 0 aromatic heterocycles. The zero-order valence-corrected chi connectivity index (χ0v) is 18.6. The lowest BCUT2D eigenvalue weighted by molar-refractivity contribution is -0.121. The number of halogens is 2. The van der Waals surface area contributed by atoms with Crippen molar-refractivity contribution in [3.63, 3.8) is 0 Å². The van der Waals surface area contributed by atoms with E-state index in [0.717, 1.165) is 11.1 Å². The Morgan fingerprint density at radius 1 is 0.939 bits per heavy atom. The Bertz CT molecular complexity index is 1050. The summed E-state index contributed by atoms with van der Waals surface area (Å²) in [6.07, 6.45) is 0. The van der Waals surface area contributed by atoms with Crippen LogP contribution in [0.15, 0.2) is 72.8 Å². The van der Waals surface area contributed by atoms with Crippen LogP contribution in [0.5, 0.6) is 17.2 Å². The molecular weight excluding hydrogens is 430 g/mol. The number of benzene rings is 3. The van der Waals surface area contributed by atoms with Crippen molar-refractivity contribution in [1.82, 2.24) is 4.90 Å². The number of anilines is 1. The Kier molecular flexibility index (Phi) is 8.21. The maximum Gasteiger partial charge on any atom is 0.387 e. The minimum absolute atomic E-state index is 0.0456. The average Bonchev–Trinajstić information content (AvgIpc) is 2.81. The summed E-state index contributed by atoms with van der Waals surface area (Å²) < 4.78 is 40.1. The van der Waals surface area contributed by atoms with Crippen LogP contribution in [0.1, 0.15) is 17.2 Å². The Balaban J connectivity index is 1.82. The van der Waals surface area contributed by atoms with Crippen molar-refractivity contribution in [3.8, 4) is 17.2 Å². The molecule has 0 radical (unpaired) electrons. The second-order valence-corrected chi connectivity index (χ2v) is 7.31. The molecule has 0 fully saturated rings. The Labute approximate surface area is 191 Å². The minimum Gasteiger partial charge on any atom is -0.497 e. The third-order valence-electron chi connectivity index (χ3n) is 5.04. The fourth-order valence-corrected chi connectivity index (χ4v) is 3.51. The number of likely N-dealkylation sites (N-methyl/N-ethyl adjacent to an activating group) is 1. The van der Waals surface area contributed by atoms with Gasteiger partial charge in [-0.2, -0.15) is 8.78 Å². The summed E-state index contributed by atoms with van der Waals surface area (Å²) in [6.45, 7) is -2.59. The van der Waals surface area contributed by atoms with Gasteiger partial charge in [0.15, 0.2) is 11.5 Å². The molecule has 1 N–H and O–H groups in total. The topological polar surface area (TPSA) is 60.0 Å². The van der Waals surface area contributed by atoms with Gasteiger partial charge in [-0.3, -0.25) is 9.69 Å². The highest BCUT2D eigenvalue weighted by molar-refractivity contribution is 5.95. The number of rotatable bonds is 10. The zero-order chi connectivity index (χ0) is 23.8. The number of carbonyl (C=O) groups is 1.